The number of anilines is 1. The van der Waals surface area contributed by atoms with E-state index in [1.54, 1.807) is 5.38 Å². The highest BCUT2D eigenvalue weighted by Crippen LogP contribution is 2.40. The smallest absolute Gasteiger partial charge is 0.337 e. The zero-order valence-corrected chi connectivity index (χ0v) is 15.8. The first-order chi connectivity index (χ1) is 13.0. The van der Waals surface area contributed by atoms with Crippen LogP contribution in [0.3, 0.4) is 0 Å². The molecule has 1 aliphatic carbocycles. The summed E-state index contributed by atoms with van der Waals surface area (Å²) >= 11 is 1.07. The number of ether oxygens (including phenoxy) is 1. The van der Waals surface area contributed by atoms with Gasteiger partial charge in [0.15, 0.2) is 0 Å². The first-order valence-corrected chi connectivity index (χ1v) is 10.5. The second kappa shape index (κ2) is 6.78. The van der Waals surface area contributed by atoms with Crippen LogP contribution in [0.25, 0.3) is 11.4 Å². The molecule has 0 spiro atoms. The minimum absolute atomic E-state index is 0.132. The lowest BCUT2D eigenvalue weighted by Crippen LogP contribution is -2.11. The Hall–Kier alpha value is -2.72. The van der Waals surface area contributed by atoms with Crippen LogP contribution in [0, 0.1) is 0 Å². The van der Waals surface area contributed by atoms with Crippen molar-refractivity contribution >= 4 is 33.0 Å². The maximum atomic E-state index is 12.6. The molecule has 0 atom stereocenters. The molecule has 2 heterocycles. The number of aromatic nitrogens is 2. The number of benzene rings is 1. The average molecular weight is 405 g/mol. The Morgan fingerprint density at radius 3 is 2.70 bits per heavy atom. The fourth-order valence-corrected chi connectivity index (χ4v) is 4.64. The van der Waals surface area contributed by atoms with E-state index in [-0.39, 0.29) is 4.21 Å². The van der Waals surface area contributed by atoms with Gasteiger partial charge in [0.1, 0.15) is 4.21 Å². The van der Waals surface area contributed by atoms with Crippen molar-refractivity contribution in [3.8, 4) is 11.4 Å². The molecule has 1 saturated carbocycles. The SMILES string of the molecule is COC(=O)c1ccc(NS(=O)(=O)c2cc(-c3noc(C4CC4)n3)cs2)cc1. The zero-order chi connectivity index (χ0) is 19.0. The van der Waals surface area contributed by atoms with E-state index in [9.17, 15) is 13.2 Å². The van der Waals surface area contributed by atoms with Gasteiger partial charge in [-0.3, -0.25) is 4.72 Å². The van der Waals surface area contributed by atoms with E-state index >= 15 is 0 Å². The van der Waals surface area contributed by atoms with Crippen LogP contribution in [0.4, 0.5) is 5.69 Å². The van der Waals surface area contributed by atoms with Crippen molar-refractivity contribution in [3.05, 3.63) is 47.2 Å². The summed E-state index contributed by atoms with van der Waals surface area (Å²) < 4.78 is 37.6. The monoisotopic (exact) mass is 405 g/mol. The number of thiophene rings is 1. The Morgan fingerprint density at radius 1 is 1.30 bits per heavy atom. The summed E-state index contributed by atoms with van der Waals surface area (Å²) in [6.45, 7) is 0. The van der Waals surface area contributed by atoms with E-state index < -0.39 is 16.0 Å². The molecular formula is C17H15N3O5S2. The summed E-state index contributed by atoms with van der Waals surface area (Å²) in [4.78, 5) is 15.8. The number of nitrogens with one attached hydrogen (secondary N) is 1. The molecule has 0 amide bonds. The third kappa shape index (κ3) is 3.71. The van der Waals surface area contributed by atoms with Crippen molar-refractivity contribution in [1.29, 1.82) is 0 Å². The highest BCUT2D eigenvalue weighted by atomic mass is 32.2. The number of methoxy groups -OCH3 is 1. The van der Waals surface area contributed by atoms with Crippen LogP contribution in [0.5, 0.6) is 0 Å². The maximum Gasteiger partial charge on any atom is 0.337 e. The number of carbonyl (C=O) groups is 1. The number of sulfonamides is 1. The molecule has 4 rings (SSSR count). The number of carbonyl (C=O) groups excluding carboxylic acids is 1. The van der Waals surface area contributed by atoms with Crippen LogP contribution in [-0.2, 0) is 14.8 Å². The number of nitrogens with zero attached hydrogens (tertiary/aromatic N) is 2. The van der Waals surface area contributed by atoms with Gasteiger partial charge in [0.05, 0.1) is 12.7 Å². The van der Waals surface area contributed by atoms with Gasteiger partial charge in [-0.25, -0.2) is 13.2 Å². The molecule has 10 heteroatoms. The van der Waals surface area contributed by atoms with Crippen molar-refractivity contribution in [2.24, 2.45) is 0 Å². The molecule has 1 aromatic carbocycles. The van der Waals surface area contributed by atoms with Crippen molar-refractivity contribution in [2.75, 3.05) is 11.8 Å². The second-order valence-corrected chi connectivity index (χ2v) is 8.88. The van der Waals surface area contributed by atoms with Gasteiger partial charge < -0.3 is 9.26 Å². The zero-order valence-electron chi connectivity index (χ0n) is 14.2. The lowest BCUT2D eigenvalue weighted by atomic mass is 10.2. The summed E-state index contributed by atoms with van der Waals surface area (Å²) in [5.74, 6) is 0.835. The Labute approximate surface area is 159 Å². The number of hydrogen-bond acceptors (Lipinski definition) is 8. The summed E-state index contributed by atoms with van der Waals surface area (Å²) in [5.41, 5.74) is 1.27. The molecule has 2 aromatic heterocycles. The number of esters is 1. The van der Waals surface area contributed by atoms with Crippen LogP contribution >= 0.6 is 11.3 Å². The van der Waals surface area contributed by atoms with E-state index in [0.29, 0.717) is 34.4 Å². The molecule has 0 aliphatic heterocycles. The summed E-state index contributed by atoms with van der Waals surface area (Å²) in [6.07, 6.45) is 2.09. The number of hydrogen-bond donors (Lipinski definition) is 1. The van der Waals surface area contributed by atoms with Gasteiger partial charge in [0.25, 0.3) is 10.0 Å². The van der Waals surface area contributed by atoms with E-state index in [1.807, 2.05) is 0 Å². The van der Waals surface area contributed by atoms with Crippen molar-refractivity contribution < 1.29 is 22.5 Å². The van der Waals surface area contributed by atoms with Crippen molar-refractivity contribution in [3.63, 3.8) is 0 Å². The molecule has 0 bridgehead atoms. The van der Waals surface area contributed by atoms with Gasteiger partial charge in [0.2, 0.25) is 11.7 Å². The quantitative estimate of drug-likeness (QED) is 0.627. The lowest BCUT2D eigenvalue weighted by Gasteiger charge is -2.06. The average Bonchev–Trinajstić information content (AvgIpc) is 3.18. The molecule has 8 nitrogen and oxygen atoms in total. The molecule has 3 aromatic rings. The van der Waals surface area contributed by atoms with Crippen LogP contribution in [0.1, 0.15) is 35.0 Å². The predicted octanol–water partition coefficient (Wildman–Crippen LogP) is 3.26. The largest absolute Gasteiger partial charge is 0.465 e. The third-order valence-corrected chi connectivity index (χ3v) is 6.85. The molecule has 1 aliphatic rings. The highest BCUT2D eigenvalue weighted by molar-refractivity contribution is 7.94. The molecule has 1 N–H and O–H groups in total. The van der Waals surface area contributed by atoms with Crippen molar-refractivity contribution in [1.82, 2.24) is 10.1 Å². The van der Waals surface area contributed by atoms with Crippen LogP contribution in [0.15, 0.2) is 44.4 Å². The lowest BCUT2D eigenvalue weighted by molar-refractivity contribution is 0.0601. The van der Waals surface area contributed by atoms with Gasteiger partial charge >= 0.3 is 5.97 Å². The first-order valence-electron chi connectivity index (χ1n) is 8.10. The molecule has 1 fully saturated rings. The molecule has 0 saturated heterocycles. The van der Waals surface area contributed by atoms with Gasteiger partial charge in [-0.15, -0.1) is 11.3 Å². The Balaban J connectivity index is 1.51. The maximum absolute atomic E-state index is 12.6. The molecule has 0 radical (unpaired) electrons. The Bertz CT molecular complexity index is 1080. The Kier molecular flexibility index (Phi) is 4.44. The second-order valence-electron chi connectivity index (χ2n) is 6.06. The summed E-state index contributed by atoms with van der Waals surface area (Å²) in [7, 11) is -2.49. The van der Waals surface area contributed by atoms with Gasteiger partial charge in [0, 0.05) is 22.5 Å². The third-order valence-electron chi connectivity index (χ3n) is 4.02. The van der Waals surface area contributed by atoms with E-state index in [1.165, 1.54) is 37.4 Å². The highest BCUT2D eigenvalue weighted by Gasteiger charge is 2.30. The van der Waals surface area contributed by atoms with Crippen molar-refractivity contribution in [2.45, 2.75) is 23.0 Å². The van der Waals surface area contributed by atoms with E-state index in [4.69, 9.17) is 4.52 Å². The topological polar surface area (TPSA) is 111 Å². The molecule has 27 heavy (non-hydrogen) atoms. The van der Waals surface area contributed by atoms with Crippen LogP contribution < -0.4 is 4.72 Å². The van der Waals surface area contributed by atoms with Crippen LogP contribution in [0.2, 0.25) is 0 Å². The predicted molar refractivity (Wildman–Crippen MR) is 98.2 cm³/mol. The fourth-order valence-electron chi connectivity index (χ4n) is 2.42. The van der Waals surface area contributed by atoms with Gasteiger partial charge in [-0.2, -0.15) is 4.98 Å². The van der Waals surface area contributed by atoms with Crippen LogP contribution in [-0.4, -0.2) is 31.6 Å². The molecular weight excluding hydrogens is 390 g/mol. The van der Waals surface area contributed by atoms with Gasteiger partial charge in [-0.1, -0.05) is 5.16 Å². The summed E-state index contributed by atoms with van der Waals surface area (Å²) in [6, 6.07) is 7.49. The molecule has 140 valence electrons. The minimum Gasteiger partial charge on any atom is -0.465 e. The number of rotatable bonds is 6. The molecule has 0 unspecified atom stereocenters. The summed E-state index contributed by atoms with van der Waals surface area (Å²) in [5, 5.41) is 5.60. The van der Waals surface area contributed by atoms with Gasteiger partial charge in [-0.05, 0) is 43.2 Å². The Morgan fingerprint density at radius 2 is 2.04 bits per heavy atom. The minimum atomic E-state index is -3.77. The standard InChI is InChI=1S/C17H15N3O5S2/c1-24-17(21)11-4-6-13(7-5-11)20-27(22,23)14-8-12(9-26-14)15-18-16(25-19-15)10-2-3-10/h4-10,20H,2-3H2,1H3. The van der Waals surface area contributed by atoms with E-state index in [2.05, 4.69) is 19.6 Å². The normalized spacial score (nSPS) is 14.1. The fraction of sp³-hybridized carbons (Fsp3) is 0.235. The van der Waals surface area contributed by atoms with E-state index in [0.717, 1.165) is 24.2 Å². The first kappa shape index (κ1) is 17.7.